The molecule has 11 heteroatoms. The summed E-state index contributed by atoms with van der Waals surface area (Å²) in [5.74, 6) is 0.428. The fourth-order valence-electron chi connectivity index (χ4n) is 4.11. The lowest BCUT2D eigenvalue weighted by Gasteiger charge is -2.10. The van der Waals surface area contributed by atoms with Crippen LogP contribution >= 0.6 is 0 Å². The van der Waals surface area contributed by atoms with Gasteiger partial charge < -0.3 is 15.2 Å². The normalized spacial score (nSPS) is 11.4. The Balaban J connectivity index is 1.38. The Morgan fingerprint density at radius 1 is 0.973 bits per heavy atom. The summed E-state index contributed by atoms with van der Waals surface area (Å²) < 4.78 is 0. The van der Waals surface area contributed by atoms with Gasteiger partial charge in [0.05, 0.1) is 35.3 Å². The third-order valence-electron chi connectivity index (χ3n) is 5.74. The fraction of sp³-hybridized carbons (Fsp3) is 0.115. The first kappa shape index (κ1) is 22.4. The lowest BCUT2D eigenvalue weighted by molar-refractivity contribution is -0.116. The molecule has 0 spiro atoms. The van der Waals surface area contributed by atoms with Crippen molar-refractivity contribution >= 4 is 33.8 Å². The Hall–Kier alpha value is -5.03. The van der Waals surface area contributed by atoms with Gasteiger partial charge in [0.25, 0.3) is 0 Å². The molecule has 37 heavy (non-hydrogen) atoms. The van der Waals surface area contributed by atoms with Crippen LogP contribution in [0.5, 0.6) is 0 Å². The molecule has 0 fully saturated rings. The van der Waals surface area contributed by atoms with Gasteiger partial charge >= 0.3 is 0 Å². The molecule has 182 valence electrons. The minimum absolute atomic E-state index is 0.118. The highest BCUT2D eigenvalue weighted by atomic mass is 16.2. The molecular formula is C26H22N10O. The van der Waals surface area contributed by atoms with Gasteiger partial charge in [-0.1, -0.05) is 6.07 Å². The lowest BCUT2D eigenvalue weighted by Crippen LogP contribution is -2.27. The van der Waals surface area contributed by atoms with Gasteiger partial charge in [0.15, 0.2) is 17.2 Å². The van der Waals surface area contributed by atoms with E-state index in [1.165, 1.54) is 0 Å². The molecule has 0 bridgehead atoms. The zero-order chi connectivity index (χ0) is 25.4. The molecule has 0 aliphatic rings. The molecular weight excluding hydrogens is 468 g/mol. The van der Waals surface area contributed by atoms with Crippen molar-refractivity contribution in [3.05, 3.63) is 67.3 Å². The maximum absolute atomic E-state index is 12.2. The number of carbonyl (C=O) groups is 1. The number of nitrogens with one attached hydrogen (secondary N) is 3. The number of fused-ring (bicyclic) bond motifs is 2. The van der Waals surface area contributed by atoms with Crippen molar-refractivity contribution in [2.75, 3.05) is 26.0 Å². The van der Waals surface area contributed by atoms with Crippen molar-refractivity contribution in [2.24, 2.45) is 0 Å². The molecule has 6 heterocycles. The van der Waals surface area contributed by atoms with E-state index in [0.29, 0.717) is 39.6 Å². The van der Waals surface area contributed by atoms with E-state index in [4.69, 9.17) is 9.97 Å². The summed E-state index contributed by atoms with van der Waals surface area (Å²) in [6.07, 6.45) is 6.79. The van der Waals surface area contributed by atoms with Crippen LogP contribution in [0.1, 0.15) is 0 Å². The zero-order valence-electron chi connectivity index (χ0n) is 20.1. The van der Waals surface area contributed by atoms with Crippen LogP contribution in [0.4, 0.5) is 5.69 Å². The van der Waals surface area contributed by atoms with Crippen LogP contribution in [0.3, 0.4) is 0 Å². The van der Waals surface area contributed by atoms with Crippen LogP contribution in [-0.4, -0.2) is 71.5 Å². The highest BCUT2D eigenvalue weighted by Gasteiger charge is 2.18. The topological polar surface area (TPSA) is 141 Å². The van der Waals surface area contributed by atoms with Gasteiger partial charge in [0.2, 0.25) is 5.91 Å². The van der Waals surface area contributed by atoms with E-state index in [1.54, 1.807) is 29.7 Å². The molecule has 1 amide bonds. The zero-order valence-corrected chi connectivity index (χ0v) is 20.1. The first-order chi connectivity index (χ1) is 18.0. The molecule has 0 saturated heterocycles. The third kappa shape index (κ3) is 4.39. The summed E-state index contributed by atoms with van der Waals surface area (Å²) in [5, 5.41) is 10.4. The number of hydrogen-bond donors (Lipinski definition) is 3. The van der Waals surface area contributed by atoms with Gasteiger partial charge in [-0.15, -0.1) is 0 Å². The van der Waals surface area contributed by atoms with Gasteiger partial charge in [-0.2, -0.15) is 5.10 Å². The number of H-pyrrole nitrogens is 2. The van der Waals surface area contributed by atoms with Crippen LogP contribution < -0.4 is 5.32 Å². The highest BCUT2D eigenvalue weighted by molar-refractivity contribution is 5.95. The van der Waals surface area contributed by atoms with Crippen LogP contribution in [0, 0.1) is 0 Å². The third-order valence-corrected chi connectivity index (χ3v) is 5.74. The molecule has 0 aromatic carbocycles. The molecule has 11 nitrogen and oxygen atoms in total. The SMILES string of the molecule is CN(C)CC(=O)Nc1cncc(-c2ccc3[nH]nc(-c4nc5c(-c6ccccn6)ccnc5[nH]4)c3n2)c1. The van der Waals surface area contributed by atoms with Gasteiger partial charge in [-0.05, 0) is 50.5 Å². The van der Waals surface area contributed by atoms with Gasteiger partial charge in [0, 0.05) is 29.7 Å². The first-order valence-corrected chi connectivity index (χ1v) is 11.6. The average molecular weight is 491 g/mol. The number of anilines is 1. The minimum atomic E-state index is -0.118. The second-order valence-corrected chi connectivity index (χ2v) is 8.77. The Bertz CT molecular complexity index is 1740. The Labute approximate surface area is 211 Å². The number of imidazole rings is 1. The molecule has 3 N–H and O–H groups in total. The van der Waals surface area contributed by atoms with Gasteiger partial charge in [0.1, 0.15) is 11.0 Å². The van der Waals surface area contributed by atoms with Crippen molar-refractivity contribution in [3.8, 4) is 34.0 Å². The summed E-state index contributed by atoms with van der Waals surface area (Å²) in [4.78, 5) is 40.1. The predicted octanol–water partition coefficient (Wildman–Crippen LogP) is 3.52. The molecule has 0 radical (unpaired) electrons. The van der Waals surface area contributed by atoms with Gasteiger partial charge in [-0.3, -0.25) is 19.9 Å². The minimum Gasteiger partial charge on any atom is -0.324 e. The molecule has 0 atom stereocenters. The molecule has 0 aliphatic heterocycles. The summed E-state index contributed by atoms with van der Waals surface area (Å²) >= 11 is 0. The number of aromatic amines is 2. The standard InChI is InChI=1S/C26H22N10O/c1-36(2)14-21(37)30-16-11-15(12-27-13-16)18-6-7-20-23(31-18)24(35-34-20)26-32-22-17(8-10-29-25(22)33-26)19-5-3-4-9-28-19/h3-13H,14H2,1-2H3,(H,30,37)(H,34,35)(H,29,32,33). The second-order valence-electron chi connectivity index (χ2n) is 8.77. The van der Waals surface area contributed by atoms with Crippen LogP contribution in [0.2, 0.25) is 0 Å². The fourth-order valence-corrected chi connectivity index (χ4v) is 4.11. The second kappa shape index (κ2) is 9.21. The number of amides is 1. The van der Waals surface area contributed by atoms with E-state index < -0.39 is 0 Å². The van der Waals surface area contributed by atoms with E-state index in [1.807, 2.05) is 56.6 Å². The van der Waals surface area contributed by atoms with Crippen LogP contribution in [0.15, 0.2) is 67.3 Å². The van der Waals surface area contributed by atoms with E-state index >= 15 is 0 Å². The Morgan fingerprint density at radius 3 is 2.73 bits per heavy atom. The number of aromatic nitrogens is 8. The van der Waals surface area contributed by atoms with E-state index in [-0.39, 0.29) is 12.5 Å². The maximum atomic E-state index is 12.2. The van der Waals surface area contributed by atoms with E-state index in [0.717, 1.165) is 22.3 Å². The monoisotopic (exact) mass is 490 g/mol. The maximum Gasteiger partial charge on any atom is 0.238 e. The summed E-state index contributed by atoms with van der Waals surface area (Å²) in [6, 6.07) is 13.3. The highest BCUT2D eigenvalue weighted by Crippen LogP contribution is 2.30. The van der Waals surface area contributed by atoms with E-state index in [9.17, 15) is 4.79 Å². The summed E-state index contributed by atoms with van der Waals surface area (Å²) in [7, 11) is 3.68. The van der Waals surface area contributed by atoms with Crippen molar-refractivity contribution in [3.63, 3.8) is 0 Å². The van der Waals surface area contributed by atoms with Crippen molar-refractivity contribution in [2.45, 2.75) is 0 Å². The molecule has 0 saturated carbocycles. The number of likely N-dealkylation sites (N-methyl/N-ethyl adjacent to an activating group) is 1. The number of carbonyl (C=O) groups excluding carboxylic acids is 1. The number of nitrogens with zero attached hydrogens (tertiary/aromatic N) is 7. The number of rotatable bonds is 6. The summed E-state index contributed by atoms with van der Waals surface area (Å²) in [5.41, 5.74) is 7.07. The number of hydrogen-bond acceptors (Lipinski definition) is 8. The Kier molecular flexibility index (Phi) is 5.58. The predicted molar refractivity (Wildman–Crippen MR) is 140 cm³/mol. The van der Waals surface area contributed by atoms with Crippen molar-refractivity contribution < 1.29 is 4.79 Å². The van der Waals surface area contributed by atoms with E-state index in [2.05, 4.69) is 35.5 Å². The van der Waals surface area contributed by atoms with Crippen molar-refractivity contribution in [1.29, 1.82) is 0 Å². The largest absolute Gasteiger partial charge is 0.324 e. The molecule has 0 aliphatic carbocycles. The molecule has 6 aromatic rings. The quantitative estimate of drug-likeness (QED) is 0.322. The molecule has 6 rings (SSSR count). The average Bonchev–Trinajstić information content (AvgIpc) is 3.52. The van der Waals surface area contributed by atoms with Crippen molar-refractivity contribution in [1.82, 2.24) is 45.0 Å². The summed E-state index contributed by atoms with van der Waals surface area (Å²) in [6.45, 7) is 0.279. The number of pyridine rings is 4. The Morgan fingerprint density at radius 2 is 1.89 bits per heavy atom. The first-order valence-electron chi connectivity index (χ1n) is 11.6. The van der Waals surface area contributed by atoms with Crippen LogP contribution in [-0.2, 0) is 4.79 Å². The molecule has 6 aromatic heterocycles. The molecule has 0 unspecified atom stereocenters. The smallest absolute Gasteiger partial charge is 0.238 e. The van der Waals surface area contributed by atoms with Gasteiger partial charge in [-0.25, -0.2) is 15.0 Å². The van der Waals surface area contributed by atoms with Crippen LogP contribution in [0.25, 0.3) is 56.2 Å². The lowest BCUT2D eigenvalue weighted by atomic mass is 10.1.